The van der Waals surface area contributed by atoms with Crippen LogP contribution in [-0.2, 0) is 0 Å². The molecule has 36 heavy (non-hydrogen) atoms. The van der Waals surface area contributed by atoms with E-state index in [0.29, 0.717) is 29.6 Å². The fourth-order valence-corrected chi connectivity index (χ4v) is 4.60. The van der Waals surface area contributed by atoms with Gasteiger partial charge >= 0.3 is 0 Å². The minimum Gasteiger partial charge on any atom is -0.493 e. The van der Waals surface area contributed by atoms with Crippen LogP contribution in [0.5, 0.6) is 28.7 Å². The molecule has 0 spiro atoms. The Labute approximate surface area is 211 Å². The van der Waals surface area contributed by atoms with Gasteiger partial charge in [0.1, 0.15) is 12.4 Å². The standard InChI is InChI=1S/C31H28O5/c1-32-26-15-14-23(16-28(26)33-2)31-24-17-29(34-3)30(35-4)18-27(24)36-19-25(31)22-12-10-21(11-13-22)20-8-6-5-7-9-20/h5-18H,19H2,1-4H3. The van der Waals surface area contributed by atoms with E-state index in [-0.39, 0.29) is 0 Å². The second-order valence-corrected chi connectivity index (χ2v) is 8.36. The van der Waals surface area contributed by atoms with E-state index >= 15 is 0 Å². The molecule has 0 atom stereocenters. The van der Waals surface area contributed by atoms with Crippen LogP contribution in [-0.4, -0.2) is 35.0 Å². The van der Waals surface area contributed by atoms with Crippen LogP contribution < -0.4 is 23.7 Å². The van der Waals surface area contributed by atoms with E-state index < -0.39 is 0 Å². The van der Waals surface area contributed by atoms with E-state index in [4.69, 9.17) is 23.7 Å². The van der Waals surface area contributed by atoms with Crippen molar-refractivity contribution in [2.45, 2.75) is 0 Å². The molecule has 0 fully saturated rings. The van der Waals surface area contributed by atoms with Gasteiger partial charge in [-0.05, 0) is 40.5 Å². The molecule has 0 N–H and O–H groups in total. The molecular formula is C31H28O5. The quantitative estimate of drug-likeness (QED) is 0.293. The Morgan fingerprint density at radius 3 is 1.75 bits per heavy atom. The van der Waals surface area contributed by atoms with Crippen molar-refractivity contribution in [3.63, 3.8) is 0 Å². The largest absolute Gasteiger partial charge is 0.493 e. The third-order valence-electron chi connectivity index (χ3n) is 6.44. The van der Waals surface area contributed by atoms with Crippen molar-refractivity contribution in [2.24, 2.45) is 0 Å². The third kappa shape index (κ3) is 4.24. The summed E-state index contributed by atoms with van der Waals surface area (Å²) >= 11 is 0. The zero-order valence-corrected chi connectivity index (χ0v) is 20.8. The first kappa shape index (κ1) is 23.4. The molecule has 1 aliphatic rings. The maximum Gasteiger partial charge on any atom is 0.164 e. The molecule has 0 unspecified atom stereocenters. The Kier molecular flexibility index (Phi) is 6.54. The zero-order valence-electron chi connectivity index (χ0n) is 20.8. The van der Waals surface area contributed by atoms with E-state index in [9.17, 15) is 0 Å². The molecule has 0 aromatic heterocycles. The summed E-state index contributed by atoms with van der Waals surface area (Å²) in [6.07, 6.45) is 0. The summed E-state index contributed by atoms with van der Waals surface area (Å²) in [5, 5.41) is 0. The van der Waals surface area contributed by atoms with E-state index in [0.717, 1.165) is 39.1 Å². The molecule has 4 aromatic rings. The zero-order chi connectivity index (χ0) is 25.1. The summed E-state index contributed by atoms with van der Waals surface area (Å²) in [5.74, 6) is 3.34. The molecule has 0 amide bonds. The third-order valence-corrected chi connectivity index (χ3v) is 6.44. The van der Waals surface area contributed by atoms with Crippen LogP contribution in [0.3, 0.4) is 0 Å². The summed E-state index contributed by atoms with van der Waals surface area (Å²) < 4.78 is 28.5. The highest BCUT2D eigenvalue weighted by Gasteiger charge is 2.26. The minimum atomic E-state index is 0.414. The molecule has 182 valence electrons. The van der Waals surface area contributed by atoms with Crippen LogP contribution >= 0.6 is 0 Å². The van der Waals surface area contributed by atoms with Crippen LogP contribution in [0.2, 0.25) is 0 Å². The van der Waals surface area contributed by atoms with Gasteiger partial charge in [0.25, 0.3) is 0 Å². The maximum atomic E-state index is 6.25. The van der Waals surface area contributed by atoms with Crippen molar-refractivity contribution in [1.82, 2.24) is 0 Å². The molecule has 0 saturated carbocycles. The molecule has 0 saturated heterocycles. The van der Waals surface area contributed by atoms with Gasteiger partial charge in [0.2, 0.25) is 0 Å². The molecular weight excluding hydrogens is 452 g/mol. The lowest BCUT2D eigenvalue weighted by Gasteiger charge is -2.26. The monoisotopic (exact) mass is 480 g/mol. The van der Waals surface area contributed by atoms with Crippen molar-refractivity contribution in [2.75, 3.05) is 35.0 Å². The molecule has 1 aliphatic heterocycles. The maximum absolute atomic E-state index is 6.25. The Morgan fingerprint density at radius 2 is 1.08 bits per heavy atom. The van der Waals surface area contributed by atoms with Crippen molar-refractivity contribution in [3.05, 3.63) is 102 Å². The van der Waals surface area contributed by atoms with Crippen LogP contribution in [0.15, 0.2) is 84.9 Å². The van der Waals surface area contributed by atoms with E-state index in [1.54, 1.807) is 28.4 Å². The number of hydrogen-bond acceptors (Lipinski definition) is 5. The first-order valence-corrected chi connectivity index (χ1v) is 11.7. The second kappa shape index (κ2) is 10.1. The SMILES string of the molecule is COc1ccc(C2=C(c3ccc(-c4ccccc4)cc3)COc3cc(OC)c(OC)cc32)cc1OC. The van der Waals surface area contributed by atoms with Gasteiger partial charge in [-0.2, -0.15) is 0 Å². The Bertz CT molecular complexity index is 1410. The van der Waals surface area contributed by atoms with Crippen LogP contribution in [0, 0.1) is 0 Å². The molecule has 1 heterocycles. The average Bonchev–Trinajstić information content (AvgIpc) is 2.95. The Morgan fingerprint density at radius 1 is 0.528 bits per heavy atom. The van der Waals surface area contributed by atoms with Gasteiger partial charge in [-0.25, -0.2) is 0 Å². The average molecular weight is 481 g/mol. The Balaban J connectivity index is 1.71. The van der Waals surface area contributed by atoms with E-state index in [1.165, 1.54) is 5.56 Å². The molecule has 4 aromatic carbocycles. The van der Waals surface area contributed by atoms with E-state index in [1.807, 2.05) is 36.4 Å². The van der Waals surface area contributed by atoms with Crippen LogP contribution in [0.1, 0.15) is 16.7 Å². The summed E-state index contributed by atoms with van der Waals surface area (Å²) in [6.45, 7) is 0.414. The van der Waals surface area contributed by atoms with Crippen molar-refractivity contribution in [1.29, 1.82) is 0 Å². The van der Waals surface area contributed by atoms with Gasteiger partial charge in [-0.3, -0.25) is 0 Å². The Hall–Kier alpha value is -4.38. The van der Waals surface area contributed by atoms with Crippen molar-refractivity contribution < 1.29 is 23.7 Å². The second-order valence-electron chi connectivity index (χ2n) is 8.36. The van der Waals surface area contributed by atoms with Gasteiger partial charge in [-0.1, -0.05) is 60.7 Å². The van der Waals surface area contributed by atoms with Gasteiger partial charge < -0.3 is 23.7 Å². The highest BCUT2D eigenvalue weighted by Crippen LogP contribution is 2.47. The highest BCUT2D eigenvalue weighted by molar-refractivity contribution is 6.02. The minimum absolute atomic E-state index is 0.414. The molecule has 5 rings (SSSR count). The predicted octanol–water partition coefficient (Wildman–Crippen LogP) is 6.74. The lowest BCUT2D eigenvalue weighted by molar-refractivity contribution is 0.339. The molecule has 5 nitrogen and oxygen atoms in total. The van der Waals surface area contributed by atoms with Gasteiger partial charge in [0.05, 0.1) is 28.4 Å². The number of fused-ring (bicyclic) bond motifs is 1. The number of hydrogen-bond donors (Lipinski definition) is 0. The van der Waals surface area contributed by atoms with Crippen LogP contribution in [0.4, 0.5) is 0 Å². The predicted molar refractivity (Wildman–Crippen MR) is 142 cm³/mol. The lowest BCUT2D eigenvalue weighted by Crippen LogP contribution is -2.12. The van der Waals surface area contributed by atoms with Crippen molar-refractivity contribution in [3.8, 4) is 39.9 Å². The summed E-state index contributed by atoms with van der Waals surface area (Å²) in [4.78, 5) is 0. The first-order chi connectivity index (χ1) is 17.7. The number of ether oxygens (including phenoxy) is 5. The van der Waals surface area contributed by atoms with Gasteiger partial charge in [-0.15, -0.1) is 0 Å². The molecule has 0 bridgehead atoms. The summed E-state index contributed by atoms with van der Waals surface area (Å²) in [5.41, 5.74) is 7.46. The van der Waals surface area contributed by atoms with Gasteiger partial charge in [0, 0.05) is 22.8 Å². The highest BCUT2D eigenvalue weighted by atomic mass is 16.5. The summed E-state index contributed by atoms with van der Waals surface area (Å²) in [6, 6.07) is 28.8. The fourth-order valence-electron chi connectivity index (χ4n) is 4.60. The first-order valence-electron chi connectivity index (χ1n) is 11.7. The number of benzene rings is 4. The number of methoxy groups -OCH3 is 4. The van der Waals surface area contributed by atoms with Crippen molar-refractivity contribution >= 4 is 11.1 Å². The fraction of sp³-hybridized carbons (Fsp3) is 0.161. The molecule has 0 radical (unpaired) electrons. The smallest absolute Gasteiger partial charge is 0.164 e. The van der Waals surface area contributed by atoms with Gasteiger partial charge in [0.15, 0.2) is 23.0 Å². The molecule has 0 aliphatic carbocycles. The topological polar surface area (TPSA) is 46.2 Å². The number of rotatable bonds is 7. The van der Waals surface area contributed by atoms with E-state index in [2.05, 4.69) is 48.5 Å². The summed E-state index contributed by atoms with van der Waals surface area (Å²) in [7, 11) is 6.54. The normalized spacial score (nSPS) is 12.4. The lowest BCUT2D eigenvalue weighted by atomic mass is 9.87. The molecule has 5 heteroatoms. The van der Waals surface area contributed by atoms with Crippen LogP contribution in [0.25, 0.3) is 22.3 Å².